The SMILES string of the molecule is COc1ccc(C(=O)COC(=O)CNC(=O)c2cc(C)cc(C)c2)cc1Br. The van der Waals surface area contributed by atoms with Crippen LogP contribution < -0.4 is 10.1 Å². The Hall–Kier alpha value is -2.67. The fraction of sp³-hybridized carbons (Fsp3) is 0.250. The van der Waals surface area contributed by atoms with Crippen molar-refractivity contribution in [2.45, 2.75) is 13.8 Å². The van der Waals surface area contributed by atoms with E-state index in [1.807, 2.05) is 19.9 Å². The van der Waals surface area contributed by atoms with E-state index >= 15 is 0 Å². The Morgan fingerprint density at radius 3 is 2.26 bits per heavy atom. The number of halogens is 1. The molecule has 0 unspecified atom stereocenters. The highest BCUT2D eigenvalue weighted by Crippen LogP contribution is 2.25. The summed E-state index contributed by atoms with van der Waals surface area (Å²) < 4.78 is 10.7. The van der Waals surface area contributed by atoms with E-state index in [1.165, 1.54) is 7.11 Å². The maximum atomic E-state index is 12.1. The van der Waals surface area contributed by atoms with Crippen molar-refractivity contribution in [3.8, 4) is 5.75 Å². The monoisotopic (exact) mass is 433 g/mol. The normalized spacial score (nSPS) is 10.2. The molecule has 0 aromatic heterocycles. The number of benzene rings is 2. The molecule has 6 nitrogen and oxygen atoms in total. The quantitative estimate of drug-likeness (QED) is 0.535. The molecule has 0 fully saturated rings. The number of esters is 1. The van der Waals surface area contributed by atoms with E-state index in [0.717, 1.165) is 11.1 Å². The van der Waals surface area contributed by atoms with Crippen molar-refractivity contribution in [1.29, 1.82) is 0 Å². The van der Waals surface area contributed by atoms with Gasteiger partial charge in [0, 0.05) is 11.1 Å². The number of methoxy groups -OCH3 is 1. The summed E-state index contributed by atoms with van der Waals surface area (Å²) in [4.78, 5) is 36.0. The van der Waals surface area contributed by atoms with E-state index in [-0.39, 0.29) is 18.2 Å². The zero-order valence-corrected chi connectivity index (χ0v) is 16.9. The third-order valence-corrected chi connectivity index (χ3v) is 4.33. The van der Waals surface area contributed by atoms with Gasteiger partial charge in [-0.3, -0.25) is 14.4 Å². The zero-order valence-electron chi connectivity index (χ0n) is 15.3. The fourth-order valence-electron chi connectivity index (χ4n) is 2.48. The van der Waals surface area contributed by atoms with Crippen molar-refractivity contribution < 1.29 is 23.9 Å². The average Bonchev–Trinajstić information content (AvgIpc) is 2.63. The Labute approximate surface area is 166 Å². The van der Waals surface area contributed by atoms with Crippen LogP contribution in [0.3, 0.4) is 0 Å². The van der Waals surface area contributed by atoms with E-state index in [1.54, 1.807) is 30.3 Å². The lowest BCUT2D eigenvalue weighted by Crippen LogP contribution is -2.31. The predicted octanol–water partition coefficient (Wildman–Crippen LogP) is 3.23. The number of Topliss-reactive ketones (excluding diaryl/α,β-unsaturated/α-hetero) is 1. The van der Waals surface area contributed by atoms with Gasteiger partial charge in [0.15, 0.2) is 12.4 Å². The molecule has 2 rings (SSSR count). The van der Waals surface area contributed by atoms with Gasteiger partial charge in [-0.1, -0.05) is 17.2 Å². The summed E-state index contributed by atoms with van der Waals surface area (Å²) in [5.74, 6) is -0.817. The first-order valence-corrected chi connectivity index (χ1v) is 8.98. The van der Waals surface area contributed by atoms with E-state index in [0.29, 0.717) is 21.3 Å². The van der Waals surface area contributed by atoms with E-state index in [4.69, 9.17) is 9.47 Å². The molecule has 7 heteroatoms. The first kappa shape index (κ1) is 20.6. The van der Waals surface area contributed by atoms with Gasteiger partial charge in [-0.2, -0.15) is 0 Å². The Bertz CT molecular complexity index is 858. The summed E-state index contributed by atoms with van der Waals surface area (Å²) in [7, 11) is 1.52. The van der Waals surface area contributed by atoms with Gasteiger partial charge < -0.3 is 14.8 Å². The molecular formula is C20H20BrNO5. The summed E-state index contributed by atoms with van der Waals surface area (Å²) in [6, 6.07) is 10.2. The minimum atomic E-state index is -0.686. The first-order chi connectivity index (χ1) is 12.8. The second kappa shape index (κ2) is 9.32. The largest absolute Gasteiger partial charge is 0.496 e. The smallest absolute Gasteiger partial charge is 0.325 e. The summed E-state index contributed by atoms with van der Waals surface area (Å²) in [6.07, 6.45) is 0. The van der Waals surface area contributed by atoms with Crippen molar-refractivity contribution in [3.63, 3.8) is 0 Å². The van der Waals surface area contributed by atoms with Gasteiger partial charge in [0.2, 0.25) is 0 Å². The molecule has 1 amide bonds. The van der Waals surface area contributed by atoms with Crippen LogP contribution in [0.2, 0.25) is 0 Å². The van der Waals surface area contributed by atoms with Gasteiger partial charge in [0.05, 0.1) is 11.6 Å². The molecule has 142 valence electrons. The number of carbonyl (C=O) groups excluding carboxylic acids is 3. The molecule has 0 bridgehead atoms. The molecule has 0 aliphatic heterocycles. The van der Waals surface area contributed by atoms with Gasteiger partial charge in [0.1, 0.15) is 12.3 Å². The molecule has 0 saturated carbocycles. The maximum absolute atomic E-state index is 12.1. The topological polar surface area (TPSA) is 81.7 Å². The van der Waals surface area contributed by atoms with Crippen molar-refractivity contribution >= 4 is 33.6 Å². The van der Waals surface area contributed by atoms with Gasteiger partial charge in [-0.15, -0.1) is 0 Å². The average molecular weight is 434 g/mol. The number of aryl methyl sites for hydroxylation is 2. The van der Waals surface area contributed by atoms with Crippen LogP contribution in [0.1, 0.15) is 31.8 Å². The Morgan fingerprint density at radius 1 is 1.00 bits per heavy atom. The Kier molecular flexibility index (Phi) is 7.12. The minimum absolute atomic E-state index is 0.314. The second-order valence-corrected chi connectivity index (χ2v) is 6.85. The van der Waals surface area contributed by atoms with Crippen LogP contribution in [-0.2, 0) is 9.53 Å². The molecule has 27 heavy (non-hydrogen) atoms. The zero-order chi connectivity index (χ0) is 20.0. The molecule has 0 aliphatic carbocycles. The Morgan fingerprint density at radius 2 is 1.67 bits per heavy atom. The number of amides is 1. The molecule has 0 spiro atoms. The lowest BCUT2D eigenvalue weighted by atomic mass is 10.1. The number of carbonyl (C=O) groups is 3. The predicted molar refractivity (Wildman–Crippen MR) is 104 cm³/mol. The number of ketones is 1. The molecule has 0 atom stereocenters. The van der Waals surface area contributed by atoms with Crippen molar-refractivity contribution in [3.05, 3.63) is 63.1 Å². The van der Waals surface area contributed by atoms with Crippen LogP contribution in [0.4, 0.5) is 0 Å². The summed E-state index contributed by atoms with van der Waals surface area (Å²) in [5.41, 5.74) is 2.77. The van der Waals surface area contributed by atoms with Gasteiger partial charge in [0.25, 0.3) is 5.91 Å². The highest BCUT2D eigenvalue weighted by Gasteiger charge is 2.13. The molecule has 0 aliphatic rings. The van der Waals surface area contributed by atoms with Gasteiger partial charge in [-0.05, 0) is 60.1 Å². The van der Waals surface area contributed by atoms with E-state index in [9.17, 15) is 14.4 Å². The Balaban J connectivity index is 1.84. The number of hydrogen-bond acceptors (Lipinski definition) is 5. The van der Waals surface area contributed by atoms with Gasteiger partial charge in [-0.25, -0.2) is 0 Å². The van der Waals surface area contributed by atoms with Crippen molar-refractivity contribution in [2.24, 2.45) is 0 Å². The molecule has 0 heterocycles. The molecule has 2 aromatic rings. The second-order valence-electron chi connectivity index (χ2n) is 5.99. The fourth-order valence-corrected chi connectivity index (χ4v) is 3.02. The highest BCUT2D eigenvalue weighted by atomic mass is 79.9. The number of nitrogens with one attached hydrogen (secondary N) is 1. The number of rotatable bonds is 7. The molecule has 0 radical (unpaired) electrons. The van der Waals surface area contributed by atoms with Crippen LogP contribution in [0.15, 0.2) is 40.9 Å². The third-order valence-electron chi connectivity index (χ3n) is 3.72. The summed E-state index contributed by atoms with van der Waals surface area (Å²) >= 11 is 3.30. The maximum Gasteiger partial charge on any atom is 0.325 e. The standard InChI is InChI=1S/C20H20BrNO5/c1-12-6-13(2)8-15(7-12)20(25)22-10-19(24)27-11-17(23)14-4-5-18(26-3)16(21)9-14/h4-9H,10-11H2,1-3H3,(H,22,25). The third kappa shape index (κ3) is 5.92. The van der Waals surface area contributed by atoms with Crippen molar-refractivity contribution in [2.75, 3.05) is 20.3 Å². The molecule has 0 saturated heterocycles. The summed E-state index contributed by atoms with van der Waals surface area (Å²) in [5, 5.41) is 2.49. The number of ether oxygens (including phenoxy) is 2. The lowest BCUT2D eigenvalue weighted by Gasteiger charge is -2.08. The molecule has 1 N–H and O–H groups in total. The number of hydrogen-bond donors (Lipinski definition) is 1. The first-order valence-electron chi connectivity index (χ1n) is 8.19. The van der Waals surface area contributed by atoms with Gasteiger partial charge >= 0.3 is 5.97 Å². The highest BCUT2D eigenvalue weighted by molar-refractivity contribution is 9.10. The summed E-state index contributed by atoms with van der Waals surface area (Å²) in [6.45, 7) is 3.06. The van der Waals surface area contributed by atoms with Crippen LogP contribution in [0.5, 0.6) is 5.75 Å². The van der Waals surface area contributed by atoms with Crippen LogP contribution >= 0.6 is 15.9 Å². The lowest BCUT2D eigenvalue weighted by molar-refractivity contribution is -0.141. The van der Waals surface area contributed by atoms with Crippen molar-refractivity contribution in [1.82, 2.24) is 5.32 Å². The molecule has 2 aromatic carbocycles. The van der Waals surface area contributed by atoms with E-state index in [2.05, 4.69) is 21.2 Å². The van der Waals surface area contributed by atoms with E-state index < -0.39 is 12.6 Å². The molecular weight excluding hydrogens is 414 g/mol. The van der Waals surface area contributed by atoms with Crippen LogP contribution in [-0.4, -0.2) is 37.9 Å². The van der Waals surface area contributed by atoms with Crippen LogP contribution in [0, 0.1) is 13.8 Å². The van der Waals surface area contributed by atoms with Crippen LogP contribution in [0.25, 0.3) is 0 Å². The minimum Gasteiger partial charge on any atom is -0.496 e.